The molecule has 1 aliphatic rings. The minimum atomic E-state index is -4.80. The van der Waals surface area contributed by atoms with Gasteiger partial charge in [0.15, 0.2) is 0 Å². The molecule has 188 valence electrons. The van der Waals surface area contributed by atoms with Gasteiger partial charge >= 0.3 is 12.4 Å². The summed E-state index contributed by atoms with van der Waals surface area (Å²) in [4.78, 5) is 28.8. The highest BCUT2D eigenvalue weighted by atomic mass is 19.4. The van der Waals surface area contributed by atoms with Crippen LogP contribution in [-0.4, -0.2) is 36.3 Å². The Kier molecular flexibility index (Phi) is 7.09. The molecule has 3 aromatic carbocycles. The number of amides is 3. The highest BCUT2D eigenvalue weighted by molar-refractivity contribution is 6.08. The molecule has 4 rings (SSSR count). The SMILES string of the molecule is O=C(Nc1ccccc1N1CCCN(Cc2ccc(OC(F)(F)F)cc2)C1=O)c1c(F)cccc1F. The summed E-state index contributed by atoms with van der Waals surface area (Å²) in [5, 5.41) is 2.48. The van der Waals surface area contributed by atoms with Gasteiger partial charge in [-0.1, -0.05) is 30.3 Å². The molecule has 36 heavy (non-hydrogen) atoms. The van der Waals surface area contributed by atoms with Crippen molar-refractivity contribution in [2.45, 2.75) is 19.3 Å². The first-order valence-electron chi connectivity index (χ1n) is 10.9. The van der Waals surface area contributed by atoms with Crippen LogP contribution < -0.4 is 15.0 Å². The van der Waals surface area contributed by atoms with Gasteiger partial charge in [-0.2, -0.15) is 0 Å². The Labute approximate surface area is 202 Å². The lowest BCUT2D eigenvalue weighted by Gasteiger charge is -2.36. The molecule has 0 bridgehead atoms. The fourth-order valence-corrected chi connectivity index (χ4v) is 3.88. The minimum Gasteiger partial charge on any atom is -0.406 e. The Hall–Kier alpha value is -4.15. The van der Waals surface area contributed by atoms with Crippen molar-refractivity contribution in [1.82, 2.24) is 4.90 Å². The number of hydrogen-bond donors (Lipinski definition) is 1. The van der Waals surface area contributed by atoms with E-state index < -0.39 is 35.5 Å². The van der Waals surface area contributed by atoms with Crippen molar-refractivity contribution in [1.29, 1.82) is 0 Å². The average molecular weight is 505 g/mol. The van der Waals surface area contributed by atoms with Gasteiger partial charge in [-0.3, -0.25) is 9.69 Å². The maximum absolute atomic E-state index is 14.0. The first-order chi connectivity index (χ1) is 17.1. The molecule has 6 nitrogen and oxygen atoms in total. The van der Waals surface area contributed by atoms with Crippen LogP contribution in [0.4, 0.5) is 38.1 Å². The molecular weight excluding hydrogens is 485 g/mol. The third kappa shape index (κ3) is 5.73. The lowest BCUT2D eigenvalue weighted by Crippen LogP contribution is -2.49. The summed E-state index contributed by atoms with van der Waals surface area (Å²) in [7, 11) is 0. The van der Waals surface area contributed by atoms with E-state index in [1.807, 2.05) is 0 Å². The third-order valence-electron chi connectivity index (χ3n) is 5.47. The number of hydrogen-bond acceptors (Lipinski definition) is 3. The zero-order valence-electron chi connectivity index (χ0n) is 18.7. The summed E-state index contributed by atoms with van der Waals surface area (Å²) in [5.74, 6) is -3.40. The van der Waals surface area contributed by atoms with E-state index in [2.05, 4.69) is 10.1 Å². The van der Waals surface area contributed by atoms with E-state index in [4.69, 9.17) is 0 Å². The molecule has 1 saturated heterocycles. The second-order valence-corrected chi connectivity index (χ2v) is 7.97. The van der Waals surface area contributed by atoms with E-state index in [0.717, 1.165) is 18.2 Å². The Morgan fingerprint density at radius 2 is 1.58 bits per heavy atom. The molecule has 1 aliphatic heterocycles. The van der Waals surface area contributed by atoms with Crippen LogP contribution in [0.2, 0.25) is 0 Å². The van der Waals surface area contributed by atoms with E-state index in [1.165, 1.54) is 40.1 Å². The van der Waals surface area contributed by atoms with Gasteiger partial charge in [0.25, 0.3) is 5.91 Å². The van der Waals surface area contributed by atoms with Crippen molar-refractivity contribution in [3.8, 4) is 5.75 Å². The molecule has 1 N–H and O–H groups in total. The molecule has 0 aliphatic carbocycles. The van der Waals surface area contributed by atoms with E-state index >= 15 is 0 Å². The smallest absolute Gasteiger partial charge is 0.406 e. The number of nitrogens with zero attached hydrogens (tertiary/aromatic N) is 2. The Balaban J connectivity index is 1.50. The van der Waals surface area contributed by atoms with Crippen LogP contribution in [0.1, 0.15) is 22.3 Å². The number of halogens is 5. The zero-order valence-corrected chi connectivity index (χ0v) is 18.7. The Morgan fingerprint density at radius 1 is 0.917 bits per heavy atom. The fraction of sp³-hybridized carbons (Fsp3) is 0.200. The van der Waals surface area contributed by atoms with Gasteiger partial charge in [0.1, 0.15) is 22.9 Å². The Bertz CT molecular complexity index is 1240. The van der Waals surface area contributed by atoms with Crippen molar-refractivity contribution < 1.29 is 36.3 Å². The molecule has 11 heteroatoms. The minimum absolute atomic E-state index is 0.136. The van der Waals surface area contributed by atoms with Gasteiger partial charge in [-0.25, -0.2) is 13.6 Å². The van der Waals surface area contributed by atoms with Crippen molar-refractivity contribution in [2.24, 2.45) is 0 Å². The van der Waals surface area contributed by atoms with E-state index in [9.17, 15) is 31.5 Å². The monoisotopic (exact) mass is 505 g/mol. The number of rotatable bonds is 6. The highest BCUT2D eigenvalue weighted by Gasteiger charge is 2.31. The maximum Gasteiger partial charge on any atom is 0.573 e. The summed E-state index contributed by atoms with van der Waals surface area (Å²) in [6.07, 6.45) is -4.23. The summed E-state index contributed by atoms with van der Waals surface area (Å²) >= 11 is 0. The molecule has 0 unspecified atom stereocenters. The molecule has 0 atom stereocenters. The quantitative estimate of drug-likeness (QED) is 0.422. The second-order valence-electron chi connectivity index (χ2n) is 7.97. The standard InChI is InChI=1S/C25H20F5N3O3/c26-18-5-3-6-19(27)22(18)23(34)31-20-7-1-2-8-21(20)33-14-4-13-32(24(33)35)15-16-9-11-17(12-10-16)36-25(28,29)30/h1-3,5-12H,4,13-15H2,(H,31,34). The molecular formula is C25H20F5N3O3. The molecule has 0 aromatic heterocycles. The lowest BCUT2D eigenvalue weighted by atomic mass is 10.1. The summed E-state index contributed by atoms with van der Waals surface area (Å²) in [6.45, 7) is 0.871. The topological polar surface area (TPSA) is 61.9 Å². The second kappa shape index (κ2) is 10.2. The zero-order chi connectivity index (χ0) is 25.9. The van der Waals surface area contributed by atoms with Gasteiger partial charge in [0.05, 0.1) is 11.4 Å². The predicted octanol–water partition coefficient (Wildman–Crippen LogP) is 5.95. The molecule has 0 radical (unpaired) electrons. The van der Waals surface area contributed by atoms with Crippen LogP contribution >= 0.6 is 0 Å². The lowest BCUT2D eigenvalue weighted by molar-refractivity contribution is -0.274. The van der Waals surface area contributed by atoms with Crippen LogP contribution in [-0.2, 0) is 6.54 Å². The fourth-order valence-electron chi connectivity index (χ4n) is 3.88. The summed E-state index contributed by atoms with van der Waals surface area (Å²) < 4.78 is 69.1. The number of para-hydroxylation sites is 2. The number of nitrogens with one attached hydrogen (secondary N) is 1. The molecule has 3 aromatic rings. The van der Waals surface area contributed by atoms with Crippen LogP contribution in [0.25, 0.3) is 0 Å². The van der Waals surface area contributed by atoms with Crippen LogP contribution in [0.15, 0.2) is 66.7 Å². The molecule has 0 saturated carbocycles. The van der Waals surface area contributed by atoms with Gasteiger partial charge < -0.3 is 15.0 Å². The van der Waals surface area contributed by atoms with E-state index in [0.29, 0.717) is 30.8 Å². The number of anilines is 2. The molecule has 1 fully saturated rings. The van der Waals surface area contributed by atoms with E-state index in [-0.39, 0.29) is 18.0 Å². The van der Waals surface area contributed by atoms with Crippen molar-refractivity contribution >= 4 is 23.3 Å². The van der Waals surface area contributed by atoms with Crippen LogP contribution in [0.5, 0.6) is 5.75 Å². The number of benzene rings is 3. The van der Waals surface area contributed by atoms with E-state index in [1.54, 1.807) is 18.2 Å². The normalized spacial score (nSPS) is 14.1. The Morgan fingerprint density at radius 3 is 2.25 bits per heavy atom. The first-order valence-corrected chi connectivity index (χ1v) is 10.9. The largest absolute Gasteiger partial charge is 0.573 e. The summed E-state index contributed by atoms with van der Waals surface area (Å²) in [6, 6.07) is 14.3. The summed E-state index contributed by atoms with van der Waals surface area (Å²) in [5.41, 5.74) is 0.383. The molecule has 0 spiro atoms. The van der Waals surface area contributed by atoms with Crippen molar-refractivity contribution in [3.63, 3.8) is 0 Å². The molecule has 1 heterocycles. The van der Waals surface area contributed by atoms with Crippen LogP contribution in [0, 0.1) is 11.6 Å². The first kappa shape index (κ1) is 25.0. The maximum atomic E-state index is 14.0. The number of urea groups is 1. The van der Waals surface area contributed by atoms with Gasteiger partial charge in [0, 0.05) is 19.6 Å². The van der Waals surface area contributed by atoms with Gasteiger partial charge in [0.2, 0.25) is 0 Å². The van der Waals surface area contributed by atoms with Crippen LogP contribution in [0.3, 0.4) is 0 Å². The average Bonchev–Trinajstić information content (AvgIpc) is 2.81. The van der Waals surface area contributed by atoms with Gasteiger partial charge in [-0.15, -0.1) is 13.2 Å². The number of alkyl halides is 3. The predicted molar refractivity (Wildman–Crippen MR) is 122 cm³/mol. The molecule has 3 amide bonds. The number of ether oxygens (including phenoxy) is 1. The third-order valence-corrected chi connectivity index (χ3v) is 5.47. The number of carbonyl (C=O) groups is 2. The van der Waals surface area contributed by atoms with Gasteiger partial charge in [-0.05, 0) is 48.4 Å². The highest BCUT2D eigenvalue weighted by Crippen LogP contribution is 2.30. The van der Waals surface area contributed by atoms with Crippen molar-refractivity contribution in [2.75, 3.05) is 23.3 Å². The number of carbonyl (C=O) groups excluding carboxylic acids is 2. The van der Waals surface area contributed by atoms with Crippen molar-refractivity contribution in [3.05, 3.63) is 89.5 Å².